The molecular weight excluding hydrogens is 315 g/mol. The largest absolute Gasteiger partial charge is 0.416 e. The first-order chi connectivity index (χ1) is 9.17. The van der Waals surface area contributed by atoms with Gasteiger partial charge in [0.05, 0.1) is 27.8 Å². The third-order valence-electron chi connectivity index (χ3n) is 3.12. The summed E-state index contributed by atoms with van der Waals surface area (Å²) in [5, 5.41) is 2.84. The summed E-state index contributed by atoms with van der Waals surface area (Å²) >= 11 is 5.81. The molecule has 1 atom stereocenters. The van der Waals surface area contributed by atoms with Gasteiger partial charge in [0.1, 0.15) is 0 Å². The second-order valence-electron chi connectivity index (χ2n) is 4.79. The number of sulfone groups is 1. The van der Waals surface area contributed by atoms with Crippen molar-refractivity contribution in [3.63, 3.8) is 0 Å². The first-order valence-electron chi connectivity index (χ1n) is 6.01. The summed E-state index contributed by atoms with van der Waals surface area (Å²) in [5.41, 5.74) is -0.508. The lowest BCUT2D eigenvalue weighted by Gasteiger charge is -2.24. The van der Waals surface area contributed by atoms with Gasteiger partial charge in [0.25, 0.3) is 0 Å². The van der Waals surface area contributed by atoms with Gasteiger partial charge in [0.15, 0.2) is 9.84 Å². The molecule has 1 N–H and O–H groups in total. The van der Waals surface area contributed by atoms with Gasteiger partial charge in [-0.05, 0) is 31.0 Å². The van der Waals surface area contributed by atoms with E-state index in [1.165, 1.54) is 6.07 Å². The molecule has 1 aromatic carbocycles. The number of benzene rings is 1. The second kappa shape index (κ2) is 5.44. The third-order valence-corrected chi connectivity index (χ3v) is 5.25. The summed E-state index contributed by atoms with van der Waals surface area (Å²) in [4.78, 5) is 0. The highest BCUT2D eigenvalue weighted by atomic mass is 35.5. The maximum Gasteiger partial charge on any atom is 0.416 e. The van der Waals surface area contributed by atoms with E-state index in [-0.39, 0.29) is 22.6 Å². The zero-order valence-corrected chi connectivity index (χ0v) is 11.9. The standard InChI is InChI=1S/C12H13ClF3NO2S/c13-10-6-8(12(14,15)16)3-4-11(10)17-9-2-1-5-20(18,19)7-9/h3-4,6,9,17H,1-2,5,7H2. The number of alkyl halides is 3. The van der Waals surface area contributed by atoms with Crippen LogP contribution in [0, 0.1) is 0 Å². The molecule has 1 aliphatic heterocycles. The zero-order chi connectivity index (χ0) is 15.0. The van der Waals surface area contributed by atoms with Crippen LogP contribution in [0.2, 0.25) is 5.02 Å². The summed E-state index contributed by atoms with van der Waals surface area (Å²) in [6.07, 6.45) is -3.26. The summed E-state index contributed by atoms with van der Waals surface area (Å²) in [6.45, 7) is 0. The Balaban J connectivity index is 2.14. The normalized spacial score (nSPS) is 22.5. The van der Waals surface area contributed by atoms with E-state index in [0.29, 0.717) is 18.5 Å². The Hall–Kier alpha value is -0.950. The van der Waals surface area contributed by atoms with Crippen molar-refractivity contribution in [2.24, 2.45) is 0 Å². The maximum absolute atomic E-state index is 12.5. The monoisotopic (exact) mass is 327 g/mol. The van der Waals surface area contributed by atoms with Crippen LogP contribution in [0.4, 0.5) is 18.9 Å². The highest BCUT2D eigenvalue weighted by molar-refractivity contribution is 7.91. The summed E-state index contributed by atoms with van der Waals surface area (Å²) in [7, 11) is -3.08. The Morgan fingerprint density at radius 3 is 2.55 bits per heavy atom. The van der Waals surface area contributed by atoms with Crippen LogP contribution in [0.3, 0.4) is 0 Å². The van der Waals surface area contributed by atoms with Crippen LogP contribution >= 0.6 is 11.6 Å². The molecule has 112 valence electrons. The van der Waals surface area contributed by atoms with Crippen molar-refractivity contribution in [2.75, 3.05) is 16.8 Å². The van der Waals surface area contributed by atoms with E-state index >= 15 is 0 Å². The topological polar surface area (TPSA) is 46.2 Å². The lowest BCUT2D eigenvalue weighted by atomic mass is 10.1. The Kier molecular flexibility index (Phi) is 4.20. The molecule has 1 heterocycles. The molecule has 0 spiro atoms. The van der Waals surface area contributed by atoms with Gasteiger partial charge in [-0.1, -0.05) is 11.6 Å². The van der Waals surface area contributed by atoms with Crippen LogP contribution in [0.5, 0.6) is 0 Å². The molecule has 1 aromatic rings. The molecule has 0 bridgehead atoms. The number of anilines is 1. The minimum absolute atomic E-state index is 0.0235. The second-order valence-corrected chi connectivity index (χ2v) is 7.43. The van der Waals surface area contributed by atoms with Crippen molar-refractivity contribution in [1.82, 2.24) is 0 Å². The molecule has 1 aliphatic rings. The highest BCUT2D eigenvalue weighted by Gasteiger charge is 2.31. The Morgan fingerprint density at radius 1 is 1.30 bits per heavy atom. The predicted octanol–water partition coefficient (Wildman–Crippen LogP) is 3.35. The van der Waals surface area contributed by atoms with Gasteiger partial charge in [-0.15, -0.1) is 0 Å². The molecule has 2 rings (SSSR count). The molecule has 0 saturated carbocycles. The average molecular weight is 328 g/mol. The number of halogens is 4. The van der Waals surface area contributed by atoms with Gasteiger partial charge < -0.3 is 5.32 Å². The van der Waals surface area contributed by atoms with Gasteiger partial charge in [0, 0.05) is 6.04 Å². The minimum atomic E-state index is -4.45. The lowest BCUT2D eigenvalue weighted by molar-refractivity contribution is -0.137. The van der Waals surface area contributed by atoms with Crippen molar-refractivity contribution >= 4 is 27.1 Å². The number of rotatable bonds is 2. The van der Waals surface area contributed by atoms with Crippen molar-refractivity contribution in [3.8, 4) is 0 Å². The first kappa shape index (κ1) is 15.4. The van der Waals surface area contributed by atoms with Crippen LogP contribution in [0.15, 0.2) is 18.2 Å². The number of hydrogen-bond donors (Lipinski definition) is 1. The van der Waals surface area contributed by atoms with Gasteiger partial charge in [-0.3, -0.25) is 0 Å². The quantitative estimate of drug-likeness (QED) is 0.906. The van der Waals surface area contributed by atoms with Gasteiger partial charge in [-0.2, -0.15) is 13.2 Å². The smallest absolute Gasteiger partial charge is 0.380 e. The minimum Gasteiger partial charge on any atom is -0.380 e. The predicted molar refractivity (Wildman–Crippen MR) is 71.8 cm³/mol. The van der Waals surface area contributed by atoms with E-state index in [0.717, 1.165) is 12.1 Å². The van der Waals surface area contributed by atoms with Gasteiger partial charge in [-0.25, -0.2) is 8.42 Å². The molecular formula is C12H13ClF3NO2S. The van der Waals surface area contributed by atoms with Gasteiger partial charge >= 0.3 is 6.18 Å². The average Bonchev–Trinajstić information content (AvgIpc) is 2.29. The van der Waals surface area contributed by atoms with Crippen LogP contribution in [-0.2, 0) is 16.0 Å². The van der Waals surface area contributed by atoms with Gasteiger partial charge in [0.2, 0.25) is 0 Å². The zero-order valence-electron chi connectivity index (χ0n) is 10.4. The summed E-state index contributed by atoms with van der Waals surface area (Å²) in [6, 6.07) is 2.67. The van der Waals surface area contributed by atoms with Crippen molar-refractivity contribution in [3.05, 3.63) is 28.8 Å². The van der Waals surface area contributed by atoms with Crippen LogP contribution in [0.1, 0.15) is 18.4 Å². The third kappa shape index (κ3) is 3.79. The molecule has 1 unspecified atom stereocenters. The van der Waals surface area contributed by atoms with Crippen molar-refractivity contribution < 1.29 is 21.6 Å². The SMILES string of the molecule is O=S1(=O)CCCC(Nc2ccc(C(F)(F)F)cc2Cl)C1. The fourth-order valence-electron chi connectivity index (χ4n) is 2.17. The molecule has 1 saturated heterocycles. The molecule has 3 nitrogen and oxygen atoms in total. The van der Waals surface area contributed by atoms with E-state index in [9.17, 15) is 21.6 Å². The molecule has 8 heteroatoms. The van der Waals surface area contributed by atoms with E-state index in [4.69, 9.17) is 11.6 Å². The highest BCUT2D eigenvalue weighted by Crippen LogP contribution is 2.34. The molecule has 1 fully saturated rings. The Morgan fingerprint density at radius 2 is 2.00 bits per heavy atom. The molecule has 0 aromatic heterocycles. The lowest BCUT2D eigenvalue weighted by Crippen LogP contribution is -2.34. The molecule has 0 aliphatic carbocycles. The maximum atomic E-state index is 12.5. The van der Waals surface area contributed by atoms with E-state index < -0.39 is 21.6 Å². The number of hydrogen-bond acceptors (Lipinski definition) is 3. The first-order valence-corrected chi connectivity index (χ1v) is 8.21. The van der Waals surface area contributed by atoms with Crippen LogP contribution in [-0.4, -0.2) is 26.0 Å². The number of nitrogens with one attached hydrogen (secondary N) is 1. The fourth-order valence-corrected chi connectivity index (χ4v) is 4.04. The van der Waals surface area contributed by atoms with Crippen molar-refractivity contribution in [1.29, 1.82) is 0 Å². The Bertz CT molecular complexity index is 601. The summed E-state index contributed by atoms with van der Waals surface area (Å²) < 4.78 is 60.5. The molecule has 0 amide bonds. The van der Waals surface area contributed by atoms with Crippen LogP contribution in [0.25, 0.3) is 0 Å². The van der Waals surface area contributed by atoms with E-state index in [2.05, 4.69) is 5.32 Å². The van der Waals surface area contributed by atoms with Crippen molar-refractivity contribution in [2.45, 2.75) is 25.1 Å². The summed E-state index contributed by atoms with van der Waals surface area (Å²) in [5.74, 6) is 0.135. The molecule has 20 heavy (non-hydrogen) atoms. The van der Waals surface area contributed by atoms with Crippen LogP contribution < -0.4 is 5.32 Å². The molecule has 0 radical (unpaired) electrons. The van der Waals surface area contributed by atoms with E-state index in [1.807, 2.05) is 0 Å². The fraction of sp³-hybridized carbons (Fsp3) is 0.500. The van der Waals surface area contributed by atoms with E-state index in [1.54, 1.807) is 0 Å². The Labute approximate surface area is 120 Å².